The van der Waals surface area contributed by atoms with E-state index in [-0.39, 0.29) is 0 Å². The summed E-state index contributed by atoms with van der Waals surface area (Å²) >= 11 is 2.81. The minimum atomic E-state index is -0.861. The Kier molecular flexibility index (Phi) is 4.70. The quantitative estimate of drug-likeness (QED) is 0.625. The van der Waals surface area contributed by atoms with Crippen LogP contribution in [0.15, 0.2) is 33.7 Å². The van der Waals surface area contributed by atoms with E-state index in [0.29, 0.717) is 17.5 Å². The van der Waals surface area contributed by atoms with Crippen LogP contribution in [0.3, 0.4) is 0 Å². The molecule has 19 heavy (non-hydrogen) atoms. The Morgan fingerprint density at radius 3 is 1.84 bits per heavy atom. The Labute approximate surface area is 118 Å². The maximum atomic E-state index is 11.7. The molecule has 0 radical (unpaired) electrons. The van der Waals surface area contributed by atoms with Gasteiger partial charge in [0.15, 0.2) is 0 Å². The van der Waals surface area contributed by atoms with Gasteiger partial charge >= 0.3 is 11.9 Å². The molecule has 0 atom stereocenters. The molecular formula is C13H12O4S2. The number of carbonyl (C=O) groups excluding carboxylic acids is 2. The Morgan fingerprint density at radius 2 is 1.53 bits per heavy atom. The Hall–Kier alpha value is -1.66. The molecule has 0 spiro atoms. The van der Waals surface area contributed by atoms with E-state index in [1.807, 2.05) is 0 Å². The number of thiophene rings is 2. The van der Waals surface area contributed by atoms with E-state index < -0.39 is 18.2 Å². The minimum absolute atomic E-state index is 0.408. The van der Waals surface area contributed by atoms with Gasteiger partial charge in [0.05, 0.1) is 11.1 Å². The summed E-state index contributed by atoms with van der Waals surface area (Å²) < 4.78 is 10.3. The van der Waals surface area contributed by atoms with Gasteiger partial charge in [-0.05, 0) is 22.9 Å². The molecule has 0 aliphatic heterocycles. The lowest BCUT2D eigenvalue weighted by Crippen LogP contribution is -2.23. The van der Waals surface area contributed by atoms with Crippen LogP contribution in [0.4, 0.5) is 0 Å². The largest absolute Gasteiger partial charge is 0.422 e. The lowest BCUT2D eigenvalue weighted by Gasteiger charge is -2.15. The van der Waals surface area contributed by atoms with E-state index in [4.69, 9.17) is 9.47 Å². The molecule has 100 valence electrons. The van der Waals surface area contributed by atoms with Crippen molar-refractivity contribution in [2.24, 2.45) is 0 Å². The first-order valence-electron chi connectivity index (χ1n) is 5.67. The van der Waals surface area contributed by atoms with Crippen LogP contribution in [0, 0.1) is 0 Å². The van der Waals surface area contributed by atoms with Crippen molar-refractivity contribution in [3.05, 3.63) is 44.8 Å². The summed E-state index contributed by atoms with van der Waals surface area (Å²) in [5.41, 5.74) is 0.935. The van der Waals surface area contributed by atoms with Crippen molar-refractivity contribution in [1.82, 2.24) is 0 Å². The van der Waals surface area contributed by atoms with Crippen LogP contribution in [-0.4, -0.2) is 18.2 Å². The molecule has 0 aromatic carbocycles. The van der Waals surface area contributed by atoms with E-state index in [1.165, 1.54) is 22.7 Å². The molecule has 0 fully saturated rings. The third kappa shape index (κ3) is 3.65. The highest BCUT2D eigenvalue weighted by Gasteiger charge is 2.19. The number of rotatable bonds is 5. The van der Waals surface area contributed by atoms with Crippen molar-refractivity contribution in [2.45, 2.75) is 19.6 Å². The fourth-order valence-corrected chi connectivity index (χ4v) is 2.58. The van der Waals surface area contributed by atoms with Crippen LogP contribution in [0.25, 0.3) is 0 Å². The van der Waals surface area contributed by atoms with Gasteiger partial charge in [-0.25, -0.2) is 9.59 Å². The smallest absolute Gasteiger partial charge is 0.342 e. The maximum Gasteiger partial charge on any atom is 0.342 e. The van der Waals surface area contributed by atoms with E-state index in [0.717, 1.165) is 0 Å². The molecule has 0 N–H and O–H groups in total. The van der Waals surface area contributed by atoms with E-state index in [1.54, 1.807) is 40.6 Å². The summed E-state index contributed by atoms with van der Waals surface area (Å²) in [6.45, 7) is 1.78. The normalized spacial score (nSPS) is 10.4. The van der Waals surface area contributed by atoms with Gasteiger partial charge in [0.1, 0.15) is 0 Å². The van der Waals surface area contributed by atoms with Gasteiger partial charge in [0.2, 0.25) is 6.29 Å². The Morgan fingerprint density at radius 1 is 1.05 bits per heavy atom. The molecule has 2 aromatic rings. The number of hydrogen-bond acceptors (Lipinski definition) is 6. The third-order valence-electron chi connectivity index (χ3n) is 2.32. The van der Waals surface area contributed by atoms with Crippen molar-refractivity contribution < 1.29 is 19.1 Å². The Balaban J connectivity index is 1.94. The molecule has 0 aliphatic rings. The zero-order valence-corrected chi connectivity index (χ0v) is 11.8. The highest BCUT2D eigenvalue weighted by Crippen LogP contribution is 2.14. The maximum absolute atomic E-state index is 11.7. The van der Waals surface area contributed by atoms with Gasteiger partial charge in [-0.2, -0.15) is 22.7 Å². The van der Waals surface area contributed by atoms with Crippen molar-refractivity contribution in [3.8, 4) is 0 Å². The predicted molar refractivity (Wildman–Crippen MR) is 73.5 cm³/mol. The number of esters is 2. The summed E-state index contributed by atoms with van der Waals surface area (Å²) in [6.07, 6.45) is -0.453. The lowest BCUT2D eigenvalue weighted by atomic mass is 10.3. The molecule has 0 saturated carbocycles. The summed E-state index contributed by atoms with van der Waals surface area (Å²) in [4.78, 5) is 23.5. The summed E-state index contributed by atoms with van der Waals surface area (Å²) in [5, 5.41) is 6.95. The summed E-state index contributed by atoms with van der Waals surface area (Å²) in [5.74, 6) is -0.961. The minimum Gasteiger partial charge on any atom is -0.422 e. The molecule has 0 unspecified atom stereocenters. The van der Waals surface area contributed by atoms with Gasteiger partial charge in [-0.3, -0.25) is 0 Å². The van der Waals surface area contributed by atoms with Crippen LogP contribution in [0.5, 0.6) is 0 Å². The van der Waals surface area contributed by atoms with Gasteiger partial charge in [-0.15, -0.1) is 0 Å². The van der Waals surface area contributed by atoms with Crippen molar-refractivity contribution in [2.75, 3.05) is 0 Å². The summed E-state index contributed by atoms with van der Waals surface area (Å²) in [6, 6.07) is 3.33. The number of hydrogen-bond donors (Lipinski definition) is 0. The highest BCUT2D eigenvalue weighted by molar-refractivity contribution is 7.08. The van der Waals surface area contributed by atoms with Gasteiger partial charge in [-0.1, -0.05) is 6.92 Å². The number of carbonyl (C=O) groups is 2. The lowest BCUT2D eigenvalue weighted by molar-refractivity contribution is -0.0806. The molecule has 0 saturated heterocycles. The SMILES string of the molecule is CCC(OC(=O)c1ccsc1)OC(=O)c1ccsc1. The van der Waals surface area contributed by atoms with Gasteiger partial charge in [0, 0.05) is 17.2 Å². The fourth-order valence-electron chi connectivity index (χ4n) is 1.33. The molecular weight excluding hydrogens is 284 g/mol. The Bertz CT molecular complexity index is 483. The first kappa shape index (κ1) is 13.8. The second-order valence-corrected chi connectivity index (χ2v) is 5.23. The molecule has 2 aromatic heterocycles. The van der Waals surface area contributed by atoms with Crippen LogP contribution in [0.2, 0.25) is 0 Å². The van der Waals surface area contributed by atoms with E-state index >= 15 is 0 Å². The second-order valence-electron chi connectivity index (χ2n) is 3.67. The predicted octanol–water partition coefficient (Wildman–Crippen LogP) is 3.56. The zero-order valence-electron chi connectivity index (χ0n) is 10.2. The fraction of sp³-hybridized carbons (Fsp3) is 0.231. The number of ether oxygens (including phenoxy) is 2. The molecule has 0 amide bonds. The third-order valence-corrected chi connectivity index (χ3v) is 3.69. The van der Waals surface area contributed by atoms with Gasteiger partial charge < -0.3 is 9.47 Å². The second kappa shape index (κ2) is 6.49. The van der Waals surface area contributed by atoms with Crippen LogP contribution in [0.1, 0.15) is 34.1 Å². The molecule has 6 heteroatoms. The molecule has 2 rings (SSSR count). The first-order valence-corrected chi connectivity index (χ1v) is 7.55. The summed E-state index contributed by atoms with van der Waals surface area (Å²) in [7, 11) is 0. The van der Waals surface area contributed by atoms with Crippen molar-refractivity contribution in [1.29, 1.82) is 0 Å². The zero-order chi connectivity index (χ0) is 13.7. The van der Waals surface area contributed by atoms with E-state index in [9.17, 15) is 9.59 Å². The molecule has 4 nitrogen and oxygen atoms in total. The first-order chi connectivity index (χ1) is 9.20. The average Bonchev–Trinajstić information content (AvgIpc) is 3.09. The van der Waals surface area contributed by atoms with E-state index in [2.05, 4.69) is 0 Å². The molecule has 2 heterocycles. The molecule has 0 aliphatic carbocycles. The van der Waals surface area contributed by atoms with Crippen LogP contribution < -0.4 is 0 Å². The van der Waals surface area contributed by atoms with Crippen LogP contribution >= 0.6 is 22.7 Å². The van der Waals surface area contributed by atoms with Crippen molar-refractivity contribution in [3.63, 3.8) is 0 Å². The van der Waals surface area contributed by atoms with Gasteiger partial charge in [0.25, 0.3) is 0 Å². The molecule has 0 bridgehead atoms. The average molecular weight is 296 g/mol. The van der Waals surface area contributed by atoms with Crippen LogP contribution in [-0.2, 0) is 9.47 Å². The monoisotopic (exact) mass is 296 g/mol. The standard InChI is InChI=1S/C13H12O4S2/c1-2-11(16-12(14)9-3-5-18-7-9)17-13(15)10-4-6-19-8-10/h3-8,11H,2H2,1H3. The highest BCUT2D eigenvalue weighted by atomic mass is 32.1. The topological polar surface area (TPSA) is 52.6 Å². The van der Waals surface area contributed by atoms with Crippen molar-refractivity contribution >= 4 is 34.6 Å².